The molecule has 218 valence electrons. The maximum absolute atomic E-state index is 12.9. The van der Waals surface area contributed by atoms with Crippen LogP contribution in [0.25, 0.3) is 27.5 Å². The minimum Gasteiger partial charge on any atom is -0.406 e. The third kappa shape index (κ3) is 5.78. The molecule has 3 amide bonds. The Morgan fingerprint density at radius 1 is 1.05 bits per heavy atom. The second kappa shape index (κ2) is 11.1. The molecular formula is C31H24F3N5O3S. The van der Waals surface area contributed by atoms with E-state index in [0.717, 1.165) is 27.5 Å². The highest BCUT2D eigenvalue weighted by molar-refractivity contribution is 8.15. The van der Waals surface area contributed by atoms with Crippen molar-refractivity contribution in [2.45, 2.75) is 26.1 Å². The largest absolute Gasteiger partial charge is 0.573 e. The van der Waals surface area contributed by atoms with E-state index in [1.165, 1.54) is 40.9 Å². The highest BCUT2D eigenvalue weighted by atomic mass is 32.2. The molecule has 43 heavy (non-hydrogen) atoms. The SMILES string of the molecule is CC(C)c1ccccc1N1C(=O)CS/C1=N\C(=O)Nc1ccc2c(ccc3c2ncn3-c2ccc(OC(F)(F)F)cc2)c1. The number of ether oxygens (including phenoxy) is 1. The third-order valence-corrected chi connectivity index (χ3v) is 7.82. The van der Waals surface area contributed by atoms with Crippen LogP contribution >= 0.6 is 11.8 Å². The number of thioether (sulfide) groups is 1. The summed E-state index contributed by atoms with van der Waals surface area (Å²) in [7, 11) is 0. The van der Waals surface area contributed by atoms with Gasteiger partial charge in [-0.25, -0.2) is 9.78 Å². The van der Waals surface area contributed by atoms with Crippen LogP contribution in [0.1, 0.15) is 25.3 Å². The van der Waals surface area contributed by atoms with Crippen molar-refractivity contribution >= 4 is 62.0 Å². The van der Waals surface area contributed by atoms with E-state index < -0.39 is 12.4 Å². The van der Waals surface area contributed by atoms with Crippen LogP contribution in [-0.2, 0) is 4.79 Å². The Kier molecular flexibility index (Phi) is 7.30. The lowest BCUT2D eigenvalue weighted by Gasteiger charge is -2.21. The smallest absolute Gasteiger partial charge is 0.406 e. The van der Waals surface area contributed by atoms with Gasteiger partial charge in [-0.3, -0.25) is 14.3 Å². The molecule has 0 spiro atoms. The van der Waals surface area contributed by atoms with E-state index in [4.69, 9.17) is 0 Å². The minimum absolute atomic E-state index is 0.135. The fourth-order valence-corrected chi connectivity index (χ4v) is 5.86. The van der Waals surface area contributed by atoms with Crippen LogP contribution < -0.4 is 15.0 Å². The van der Waals surface area contributed by atoms with Gasteiger partial charge in [-0.15, -0.1) is 13.2 Å². The molecule has 1 aliphatic rings. The number of anilines is 2. The van der Waals surface area contributed by atoms with Gasteiger partial charge in [-0.2, -0.15) is 4.99 Å². The summed E-state index contributed by atoms with van der Waals surface area (Å²) in [6.45, 7) is 4.09. The lowest BCUT2D eigenvalue weighted by atomic mass is 10.0. The van der Waals surface area contributed by atoms with Gasteiger partial charge < -0.3 is 10.1 Å². The van der Waals surface area contributed by atoms with Crippen LogP contribution in [0.3, 0.4) is 0 Å². The molecule has 1 aliphatic heterocycles. The molecule has 12 heteroatoms. The molecule has 0 atom stereocenters. The van der Waals surface area contributed by atoms with E-state index in [0.29, 0.717) is 22.1 Å². The second-order valence-corrected chi connectivity index (χ2v) is 11.0. The van der Waals surface area contributed by atoms with Gasteiger partial charge in [0.25, 0.3) is 0 Å². The number of alkyl halides is 3. The molecule has 1 N–H and O–H groups in total. The van der Waals surface area contributed by atoms with E-state index in [1.54, 1.807) is 23.0 Å². The quantitative estimate of drug-likeness (QED) is 0.221. The molecule has 5 aromatic rings. The van der Waals surface area contributed by atoms with E-state index in [1.807, 2.05) is 56.3 Å². The van der Waals surface area contributed by atoms with Gasteiger partial charge in [0, 0.05) is 16.8 Å². The molecule has 0 radical (unpaired) electrons. The molecular weight excluding hydrogens is 579 g/mol. The van der Waals surface area contributed by atoms with Gasteiger partial charge in [-0.05, 0) is 65.4 Å². The maximum atomic E-state index is 12.9. The van der Waals surface area contributed by atoms with E-state index in [9.17, 15) is 22.8 Å². The average Bonchev–Trinajstić information content (AvgIpc) is 3.55. The fourth-order valence-electron chi connectivity index (χ4n) is 5.00. The first-order chi connectivity index (χ1) is 20.6. The molecule has 6 rings (SSSR count). The standard InChI is InChI=1S/C31H24F3N5O3S/c1-18(2)23-5-3-4-6-25(23)39-27(40)16-43-30(39)37-29(41)36-20-8-13-24-19(15-20)7-14-26-28(24)35-17-38(26)21-9-11-22(12-10-21)42-31(32,33)34/h3-15,17-18H,16H2,1-2H3,(H,36,41)/b37-30-. The monoisotopic (exact) mass is 603 g/mol. The highest BCUT2D eigenvalue weighted by Gasteiger charge is 2.32. The zero-order valence-corrected chi connectivity index (χ0v) is 23.7. The molecule has 0 aliphatic carbocycles. The lowest BCUT2D eigenvalue weighted by Crippen LogP contribution is -2.31. The van der Waals surface area contributed by atoms with Crippen molar-refractivity contribution in [3.05, 3.63) is 90.8 Å². The zero-order chi connectivity index (χ0) is 30.3. The van der Waals surface area contributed by atoms with Crippen LogP contribution in [0.4, 0.5) is 29.3 Å². The van der Waals surface area contributed by atoms with Crippen molar-refractivity contribution in [2.24, 2.45) is 4.99 Å². The van der Waals surface area contributed by atoms with Crippen molar-refractivity contribution < 1.29 is 27.5 Å². The van der Waals surface area contributed by atoms with Gasteiger partial charge in [0.2, 0.25) is 5.91 Å². The number of fused-ring (bicyclic) bond motifs is 3. The van der Waals surface area contributed by atoms with Crippen molar-refractivity contribution in [3.63, 3.8) is 0 Å². The Hall–Kier alpha value is -4.84. The second-order valence-electron chi connectivity index (χ2n) is 10.1. The van der Waals surface area contributed by atoms with Crippen LogP contribution in [0, 0.1) is 0 Å². The highest BCUT2D eigenvalue weighted by Crippen LogP contribution is 2.34. The van der Waals surface area contributed by atoms with Crippen molar-refractivity contribution in [2.75, 3.05) is 16.0 Å². The van der Waals surface area contributed by atoms with E-state index in [-0.39, 0.29) is 23.3 Å². The number of carbonyl (C=O) groups is 2. The molecule has 1 fully saturated rings. The average molecular weight is 604 g/mol. The minimum atomic E-state index is -4.76. The summed E-state index contributed by atoms with van der Waals surface area (Å²) < 4.78 is 43.3. The number of aliphatic imine (C=N–C) groups is 1. The summed E-state index contributed by atoms with van der Waals surface area (Å²) in [6, 6.07) is 21.6. The van der Waals surface area contributed by atoms with Crippen LogP contribution in [0.15, 0.2) is 90.2 Å². The van der Waals surface area contributed by atoms with Crippen LogP contribution in [0.2, 0.25) is 0 Å². The molecule has 0 bridgehead atoms. The number of urea groups is 1. The molecule has 1 saturated heterocycles. The Bertz CT molecular complexity index is 1900. The van der Waals surface area contributed by atoms with Crippen molar-refractivity contribution in [1.29, 1.82) is 0 Å². The van der Waals surface area contributed by atoms with Gasteiger partial charge in [-0.1, -0.05) is 55.9 Å². The number of para-hydroxylation sites is 1. The first-order valence-electron chi connectivity index (χ1n) is 13.3. The number of amidine groups is 1. The number of hydrogen-bond donors (Lipinski definition) is 1. The fraction of sp³-hybridized carbons (Fsp3) is 0.161. The number of rotatable bonds is 5. The van der Waals surface area contributed by atoms with E-state index >= 15 is 0 Å². The number of nitrogens with zero attached hydrogens (tertiary/aromatic N) is 4. The molecule has 4 aromatic carbocycles. The maximum Gasteiger partial charge on any atom is 0.573 e. The van der Waals surface area contributed by atoms with Gasteiger partial charge >= 0.3 is 12.4 Å². The molecule has 0 saturated carbocycles. The summed E-state index contributed by atoms with van der Waals surface area (Å²) in [6.07, 6.45) is -3.17. The molecule has 0 unspecified atom stereocenters. The summed E-state index contributed by atoms with van der Waals surface area (Å²) >= 11 is 1.22. The number of hydrogen-bond acceptors (Lipinski definition) is 5. The van der Waals surface area contributed by atoms with Crippen molar-refractivity contribution in [1.82, 2.24) is 9.55 Å². The Labute approximate surface area is 248 Å². The van der Waals surface area contributed by atoms with Gasteiger partial charge in [0.15, 0.2) is 5.17 Å². The summed E-state index contributed by atoms with van der Waals surface area (Å²) in [4.78, 5) is 35.9. The summed E-state index contributed by atoms with van der Waals surface area (Å²) in [5, 5.41) is 4.75. The van der Waals surface area contributed by atoms with Crippen LogP contribution in [-0.4, -0.2) is 38.8 Å². The topological polar surface area (TPSA) is 88.8 Å². The first-order valence-corrected chi connectivity index (χ1v) is 14.3. The number of benzene rings is 4. The summed E-state index contributed by atoms with van der Waals surface area (Å²) in [5.41, 5.74) is 4.29. The number of amides is 3. The Morgan fingerprint density at radius 3 is 2.56 bits per heavy atom. The zero-order valence-electron chi connectivity index (χ0n) is 22.9. The molecule has 1 aromatic heterocycles. The number of halogens is 3. The number of carbonyl (C=O) groups excluding carboxylic acids is 2. The number of aromatic nitrogens is 2. The van der Waals surface area contributed by atoms with E-state index in [2.05, 4.69) is 20.0 Å². The molecule has 2 heterocycles. The Morgan fingerprint density at radius 2 is 1.81 bits per heavy atom. The number of imidazole rings is 1. The van der Waals surface area contributed by atoms with Crippen LogP contribution in [0.5, 0.6) is 5.75 Å². The predicted octanol–water partition coefficient (Wildman–Crippen LogP) is 7.87. The molecule has 8 nitrogen and oxygen atoms in total. The van der Waals surface area contributed by atoms with Gasteiger partial charge in [0.05, 0.1) is 22.5 Å². The number of nitrogens with one attached hydrogen (secondary N) is 1. The normalized spacial score (nSPS) is 14.8. The van der Waals surface area contributed by atoms with Gasteiger partial charge in [0.1, 0.15) is 12.1 Å². The lowest BCUT2D eigenvalue weighted by molar-refractivity contribution is -0.274. The first kappa shape index (κ1) is 28.3. The summed E-state index contributed by atoms with van der Waals surface area (Å²) in [5.74, 6) is -0.0668. The third-order valence-electron chi connectivity index (χ3n) is 6.89. The predicted molar refractivity (Wildman–Crippen MR) is 162 cm³/mol. The van der Waals surface area contributed by atoms with Crippen molar-refractivity contribution in [3.8, 4) is 11.4 Å². The Balaban J connectivity index is 1.23.